The van der Waals surface area contributed by atoms with Crippen LogP contribution in [-0.4, -0.2) is 67.6 Å². The summed E-state index contributed by atoms with van der Waals surface area (Å²) in [5, 5.41) is 0. The number of benzene rings is 2. The zero-order chi connectivity index (χ0) is 25.7. The van der Waals surface area contributed by atoms with E-state index in [1.165, 1.54) is 6.07 Å². The molecule has 2 aliphatic heterocycles. The molecule has 2 amide bonds. The number of furan rings is 1. The summed E-state index contributed by atoms with van der Waals surface area (Å²) in [6, 6.07) is 19.0. The highest BCUT2D eigenvalue weighted by Crippen LogP contribution is 2.36. The zero-order valence-electron chi connectivity index (χ0n) is 20.7. The third-order valence-electron chi connectivity index (χ3n) is 7.08. The molecule has 2 saturated heterocycles. The Morgan fingerprint density at radius 2 is 1.68 bits per heavy atom. The number of nitrogens with zero attached hydrogens (tertiary/aromatic N) is 2. The molecule has 1 atom stereocenters. The summed E-state index contributed by atoms with van der Waals surface area (Å²) in [6.07, 6.45) is 1.78. The Labute approximate surface area is 215 Å². The van der Waals surface area contributed by atoms with Crippen molar-refractivity contribution in [3.63, 3.8) is 0 Å². The molecule has 3 heterocycles. The van der Waals surface area contributed by atoms with Crippen molar-refractivity contribution in [2.24, 2.45) is 5.41 Å². The van der Waals surface area contributed by atoms with Gasteiger partial charge in [-0.2, -0.15) is 0 Å². The van der Waals surface area contributed by atoms with Crippen molar-refractivity contribution in [1.29, 1.82) is 0 Å². The molecule has 1 aromatic heterocycles. The standard InChI is InChI=1S/C29H31FN2O5/c30-24-10-5-4-9-23(24)25-11-12-26(37-25)28(34)32-14-6-13-29(20-32,21-36-22-7-2-1-3-8-22)19-27(33)31-15-17-35-18-16-31/h1-5,7-12H,6,13-21H2/t29-/m1/s1. The fourth-order valence-corrected chi connectivity index (χ4v) is 5.11. The van der Waals surface area contributed by atoms with Gasteiger partial charge in [-0.15, -0.1) is 0 Å². The molecule has 8 heteroatoms. The van der Waals surface area contributed by atoms with E-state index < -0.39 is 11.2 Å². The predicted octanol–water partition coefficient (Wildman–Crippen LogP) is 4.64. The number of rotatable bonds is 7. The minimum Gasteiger partial charge on any atom is -0.493 e. The highest BCUT2D eigenvalue weighted by Gasteiger charge is 2.41. The molecular weight excluding hydrogens is 475 g/mol. The summed E-state index contributed by atoms with van der Waals surface area (Å²) in [5.41, 5.74) is -0.234. The normalized spacial score (nSPS) is 20.0. The molecule has 0 saturated carbocycles. The molecule has 2 aliphatic rings. The Hall–Kier alpha value is -3.65. The van der Waals surface area contributed by atoms with E-state index in [0.29, 0.717) is 57.3 Å². The lowest BCUT2D eigenvalue weighted by atomic mass is 9.77. The maximum atomic E-state index is 14.2. The Morgan fingerprint density at radius 1 is 0.919 bits per heavy atom. The molecule has 2 fully saturated rings. The largest absolute Gasteiger partial charge is 0.493 e. The van der Waals surface area contributed by atoms with E-state index in [1.54, 1.807) is 35.2 Å². The monoisotopic (exact) mass is 506 g/mol. The van der Waals surface area contributed by atoms with Gasteiger partial charge in [-0.1, -0.05) is 30.3 Å². The first-order valence-electron chi connectivity index (χ1n) is 12.7. The summed E-state index contributed by atoms with van der Waals surface area (Å²) < 4.78 is 31.6. The van der Waals surface area contributed by atoms with Crippen molar-refractivity contribution < 1.29 is 27.9 Å². The zero-order valence-corrected chi connectivity index (χ0v) is 20.7. The van der Waals surface area contributed by atoms with Crippen molar-refractivity contribution in [2.45, 2.75) is 19.3 Å². The maximum absolute atomic E-state index is 14.2. The number of piperidine rings is 1. The average molecular weight is 507 g/mol. The molecule has 0 radical (unpaired) electrons. The third kappa shape index (κ3) is 5.85. The fraction of sp³-hybridized carbons (Fsp3) is 0.379. The van der Waals surface area contributed by atoms with Gasteiger partial charge in [0.2, 0.25) is 5.91 Å². The molecule has 0 unspecified atom stereocenters. The van der Waals surface area contributed by atoms with Crippen LogP contribution in [0.2, 0.25) is 0 Å². The minimum atomic E-state index is -0.542. The highest BCUT2D eigenvalue weighted by molar-refractivity contribution is 5.92. The maximum Gasteiger partial charge on any atom is 0.289 e. The Morgan fingerprint density at radius 3 is 2.46 bits per heavy atom. The molecule has 3 aromatic rings. The second-order valence-corrected chi connectivity index (χ2v) is 9.75. The predicted molar refractivity (Wildman–Crippen MR) is 136 cm³/mol. The molecule has 0 N–H and O–H groups in total. The summed E-state index contributed by atoms with van der Waals surface area (Å²) in [6.45, 7) is 3.44. The molecule has 7 nitrogen and oxygen atoms in total. The van der Waals surface area contributed by atoms with Crippen LogP contribution in [0.3, 0.4) is 0 Å². The van der Waals surface area contributed by atoms with Crippen molar-refractivity contribution in [1.82, 2.24) is 9.80 Å². The quantitative estimate of drug-likeness (QED) is 0.467. The first-order chi connectivity index (χ1) is 18.0. The van der Waals surface area contributed by atoms with Crippen molar-refractivity contribution in [3.05, 3.63) is 78.3 Å². The number of hydrogen-bond acceptors (Lipinski definition) is 5. The van der Waals surface area contributed by atoms with E-state index in [0.717, 1.165) is 18.6 Å². The van der Waals surface area contributed by atoms with Crippen LogP contribution in [0.1, 0.15) is 29.8 Å². The molecule has 0 spiro atoms. The van der Waals surface area contributed by atoms with Crippen LogP contribution in [0.5, 0.6) is 5.75 Å². The van der Waals surface area contributed by atoms with Crippen LogP contribution in [0.4, 0.5) is 4.39 Å². The Balaban J connectivity index is 1.34. The lowest BCUT2D eigenvalue weighted by molar-refractivity contribution is -0.139. The second-order valence-electron chi connectivity index (χ2n) is 9.75. The van der Waals surface area contributed by atoms with Crippen LogP contribution in [0.25, 0.3) is 11.3 Å². The minimum absolute atomic E-state index is 0.0501. The van der Waals surface area contributed by atoms with Crippen LogP contribution >= 0.6 is 0 Å². The van der Waals surface area contributed by atoms with Gasteiger partial charge in [-0.05, 0) is 49.2 Å². The van der Waals surface area contributed by atoms with Crippen molar-refractivity contribution >= 4 is 11.8 Å². The van der Waals surface area contributed by atoms with Gasteiger partial charge in [0.15, 0.2) is 5.76 Å². The van der Waals surface area contributed by atoms with Gasteiger partial charge in [0.1, 0.15) is 17.3 Å². The molecule has 0 aliphatic carbocycles. The van der Waals surface area contributed by atoms with Gasteiger partial charge < -0.3 is 23.7 Å². The first kappa shape index (κ1) is 25.0. The van der Waals surface area contributed by atoms with Crippen molar-refractivity contribution in [3.8, 4) is 17.1 Å². The first-order valence-corrected chi connectivity index (χ1v) is 12.7. The average Bonchev–Trinajstić information content (AvgIpc) is 3.43. The molecule has 5 rings (SSSR count). The van der Waals surface area contributed by atoms with E-state index >= 15 is 0 Å². The van der Waals surface area contributed by atoms with Crippen LogP contribution < -0.4 is 4.74 Å². The number of para-hydroxylation sites is 1. The summed E-state index contributed by atoms with van der Waals surface area (Å²) in [5.74, 6) is 0.550. The molecule has 37 heavy (non-hydrogen) atoms. The number of morpholine rings is 1. The number of carbonyl (C=O) groups is 2. The topological polar surface area (TPSA) is 72.2 Å². The molecule has 194 valence electrons. The van der Waals surface area contributed by atoms with Gasteiger partial charge in [0, 0.05) is 38.0 Å². The van der Waals surface area contributed by atoms with Gasteiger partial charge in [-0.3, -0.25) is 9.59 Å². The number of amides is 2. The second kappa shape index (κ2) is 11.2. The summed E-state index contributed by atoms with van der Waals surface area (Å²) in [7, 11) is 0. The third-order valence-corrected chi connectivity index (χ3v) is 7.08. The van der Waals surface area contributed by atoms with Crippen LogP contribution in [-0.2, 0) is 9.53 Å². The number of hydrogen-bond donors (Lipinski definition) is 0. The Kier molecular flexibility index (Phi) is 7.55. The molecule has 0 bridgehead atoms. The molecule has 2 aromatic carbocycles. The number of ether oxygens (including phenoxy) is 2. The lowest BCUT2D eigenvalue weighted by Crippen LogP contribution is -2.52. The SMILES string of the molecule is O=C(C[C@]1(COc2ccccc2)CCCN(C(=O)c2ccc(-c3ccccc3F)o2)C1)N1CCOCC1. The number of halogens is 1. The fourth-order valence-electron chi connectivity index (χ4n) is 5.11. The smallest absolute Gasteiger partial charge is 0.289 e. The van der Waals surface area contributed by atoms with Crippen molar-refractivity contribution in [2.75, 3.05) is 46.0 Å². The Bertz CT molecular complexity index is 1220. The summed E-state index contributed by atoms with van der Waals surface area (Å²) in [4.78, 5) is 30.3. The van der Waals surface area contributed by atoms with Gasteiger partial charge in [0.05, 0.1) is 25.4 Å². The molecular formula is C29H31FN2O5. The van der Waals surface area contributed by atoms with Gasteiger partial charge in [-0.25, -0.2) is 4.39 Å². The van der Waals surface area contributed by atoms with Gasteiger partial charge >= 0.3 is 0 Å². The van der Waals surface area contributed by atoms with Crippen LogP contribution in [0, 0.1) is 11.2 Å². The lowest BCUT2D eigenvalue weighted by Gasteiger charge is -2.43. The number of likely N-dealkylation sites (tertiary alicyclic amines) is 1. The van der Waals surface area contributed by atoms with E-state index in [2.05, 4.69) is 0 Å². The van der Waals surface area contributed by atoms with E-state index in [-0.39, 0.29) is 24.0 Å². The highest BCUT2D eigenvalue weighted by atomic mass is 19.1. The van der Waals surface area contributed by atoms with Gasteiger partial charge in [0.25, 0.3) is 5.91 Å². The van der Waals surface area contributed by atoms with E-state index in [4.69, 9.17) is 13.9 Å². The number of carbonyl (C=O) groups excluding carboxylic acids is 2. The summed E-state index contributed by atoms with van der Waals surface area (Å²) >= 11 is 0. The van der Waals surface area contributed by atoms with Crippen LogP contribution in [0.15, 0.2) is 71.1 Å². The van der Waals surface area contributed by atoms with E-state index in [9.17, 15) is 14.0 Å². The van der Waals surface area contributed by atoms with E-state index in [1.807, 2.05) is 35.2 Å².